The third kappa shape index (κ3) is 3.03. The molecule has 1 aliphatic rings. The highest BCUT2D eigenvalue weighted by Crippen LogP contribution is 2.35. The molecule has 5 nitrogen and oxygen atoms in total. The van der Waals surface area contributed by atoms with Gasteiger partial charge in [-0.25, -0.2) is 0 Å². The number of likely N-dealkylation sites (tertiary alicyclic amines) is 1. The highest BCUT2D eigenvalue weighted by molar-refractivity contribution is 6.30. The van der Waals surface area contributed by atoms with Crippen LogP contribution in [0.25, 0.3) is 11.3 Å². The van der Waals surface area contributed by atoms with E-state index in [1.54, 1.807) is 18.3 Å². The van der Waals surface area contributed by atoms with Crippen LogP contribution in [0.5, 0.6) is 0 Å². The number of carbonyl (C=O) groups excluding carboxylic acids is 1. The maximum atomic E-state index is 13.1. The van der Waals surface area contributed by atoms with Crippen LogP contribution in [-0.2, 0) is 0 Å². The second-order valence-corrected chi connectivity index (χ2v) is 6.46. The normalized spacial score (nSPS) is 17.0. The van der Waals surface area contributed by atoms with Gasteiger partial charge in [-0.3, -0.25) is 9.78 Å². The lowest BCUT2D eigenvalue weighted by Gasteiger charge is -2.24. The van der Waals surface area contributed by atoms with Gasteiger partial charge in [0, 0.05) is 29.5 Å². The summed E-state index contributed by atoms with van der Waals surface area (Å²) in [4.78, 5) is 19.2. The maximum Gasteiger partial charge on any atom is 0.259 e. The second-order valence-electron chi connectivity index (χ2n) is 6.02. The number of aromatic nitrogens is 2. The Bertz CT molecular complexity index is 894. The van der Waals surface area contributed by atoms with Crippen molar-refractivity contribution in [2.75, 3.05) is 6.54 Å². The van der Waals surface area contributed by atoms with Gasteiger partial charge in [0.05, 0.1) is 12.2 Å². The van der Waals surface area contributed by atoms with E-state index in [0.717, 1.165) is 24.0 Å². The molecule has 0 aliphatic carbocycles. The average Bonchev–Trinajstić information content (AvgIpc) is 3.31. The Kier molecular flexibility index (Phi) is 4.24. The number of hydrogen-bond acceptors (Lipinski definition) is 4. The van der Waals surface area contributed by atoms with E-state index in [4.69, 9.17) is 16.1 Å². The number of halogens is 1. The summed E-state index contributed by atoms with van der Waals surface area (Å²) >= 11 is 6.06. The molecule has 2 aromatic heterocycles. The Labute approximate surface area is 150 Å². The fraction of sp³-hybridized carbons (Fsp3) is 0.211. The molecular weight excluding hydrogens is 338 g/mol. The van der Waals surface area contributed by atoms with Crippen molar-refractivity contribution in [3.05, 3.63) is 71.1 Å². The van der Waals surface area contributed by atoms with Crippen molar-refractivity contribution >= 4 is 17.5 Å². The van der Waals surface area contributed by atoms with Gasteiger partial charge in [-0.2, -0.15) is 0 Å². The zero-order valence-corrected chi connectivity index (χ0v) is 14.2. The third-order valence-electron chi connectivity index (χ3n) is 4.47. The molecule has 1 amide bonds. The lowest BCUT2D eigenvalue weighted by molar-refractivity contribution is 0.0736. The van der Waals surface area contributed by atoms with Crippen molar-refractivity contribution in [2.45, 2.75) is 18.9 Å². The van der Waals surface area contributed by atoms with E-state index in [-0.39, 0.29) is 11.9 Å². The first-order valence-corrected chi connectivity index (χ1v) is 8.53. The molecule has 0 radical (unpaired) electrons. The second kappa shape index (κ2) is 6.69. The molecule has 1 atom stereocenters. The van der Waals surface area contributed by atoms with Gasteiger partial charge >= 0.3 is 0 Å². The zero-order chi connectivity index (χ0) is 17.2. The first-order valence-electron chi connectivity index (χ1n) is 8.15. The zero-order valence-electron chi connectivity index (χ0n) is 13.4. The van der Waals surface area contributed by atoms with Crippen LogP contribution in [0.1, 0.15) is 34.8 Å². The molecule has 0 saturated carbocycles. The minimum absolute atomic E-state index is 0.0308. The number of carbonyl (C=O) groups is 1. The van der Waals surface area contributed by atoms with Gasteiger partial charge in [-0.05, 0) is 36.6 Å². The van der Waals surface area contributed by atoms with Gasteiger partial charge in [0.2, 0.25) is 0 Å². The maximum absolute atomic E-state index is 13.1. The van der Waals surface area contributed by atoms with E-state index in [1.165, 1.54) is 6.20 Å². The molecule has 1 aliphatic heterocycles. The van der Waals surface area contributed by atoms with E-state index in [1.807, 2.05) is 35.4 Å². The predicted molar refractivity (Wildman–Crippen MR) is 94.2 cm³/mol. The number of nitrogens with zero attached hydrogens (tertiary/aromatic N) is 3. The van der Waals surface area contributed by atoms with Gasteiger partial charge < -0.3 is 9.42 Å². The van der Waals surface area contributed by atoms with Gasteiger partial charge in [0.15, 0.2) is 5.76 Å². The Balaban J connectivity index is 1.67. The number of rotatable bonds is 3. The van der Waals surface area contributed by atoms with Crippen molar-refractivity contribution in [3.8, 4) is 11.3 Å². The minimum atomic E-state index is -0.0809. The quantitative estimate of drug-likeness (QED) is 0.701. The van der Waals surface area contributed by atoms with Crippen LogP contribution in [-0.4, -0.2) is 27.5 Å². The Morgan fingerprint density at radius 2 is 2.16 bits per heavy atom. The van der Waals surface area contributed by atoms with Crippen LogP contribution in [0, 0.1) is 0 Å². The first-order chi connectivity index (χ1) is 12.2. The smallest absolute Gasteiger partial charge is 0.259 e. The molecule has 1 saturated heterocycles. The summed E-state index contributed by atoms with van der Waals surface area (Å²) in [5.41, 5.74) is 2.25. The molecule has 25 heavy (non-hydrogen) atoms. The highest BCUT2D eigenvalue weighted by atomic mass is 35.5. The molecular formula is C19H16ClN3O2. The van der Waals surface area contributed by atoms with Gasteiger partial charge in [0.25, 0.3) is 5.91 Å². The molecule has 126 valence electrons. The van der Waals surface area contributed by atoms with Crippen molar-refractivity contribution in [3.63, 3.8) is 0 Å². The van der Waals surface area contributed by atoms with Gasteiger partial charge in [0.1, 0.15) is 5.56 Å². The Morgan fingerprint density at radius 1 is 1.24 bits per heavy atom. The monoisotopic (exact) mass is 353 g/mol. The van der Waals surface area contributed by atoms with Gasteiger partial charge in [-0.15, -0.1) is 0 Å². The molecule has 1 unspecified atom stereocenters. The molecule has 6 heteroatoms. The largest absolute Gasteiger partial charge is 0.355 e. The predicted octanol–water partition coefficient (Wildman–Crippen LogP) is 4.37. The summed E-state index contributed by atoms with van der Waals surface area (Å²) in [7, 11) is 0. The van der Waals surface area contributed by atoms with Crippen molar-refractivity contribution in [1.29, 1.82) is 0 Å². The molecule has 3 aromatic rings. The Morgan fingerprint density at radius 3 is 2.96 bits per heavy atom. The number of hydrogen-bond donors (Lipinski definition) is 0. The lowest BCUT2D eigenvalue weighted by atomic mass is 10.0. The van der Waals surface area contributed by atoms with Crippen molar-refractivity contribution in [2.24, 2.45) is 0 Å². The highest BCUT2D eigenvalue weighted by Gasteiger charge is 2.33. The average molecular weight is 354 g/mol. The summed E-state index contributed by atoms with van der Waals surface area (Å²) in [5, 5.41) is 4.43. The van der Waals surface area contributed by atoms with Crippen LogP contribution in [0.2, 0.25) is 5.02 Å². The molecule has 0 N–H and O–H groups in total. The SMILES string of the molecule is O=C(c1cnoc1-c1cccc(Cl)c1)N1CCCC1c1cccnc1. The lowest BCUT2D eigenvalue weighted by Crippen LogP contribution is -2.30. The van der Waals surface area contributed by atoms with E-state index in [9.17, 15) is 4.79 Å². The van der Waals surface area contributed by atoms with Crippen LogP contribution in [0.3, 0.4) is 0 Å². The first kappa shape index (κ1) is 15.8. The van der Waals surface area contributed by atoms with Crippen LogP contribution < -0.4 is 0 Å². The van der Waals surface area contributed by atoms with E-state index >= 15 is 0 Å². The fourth-order valence-electron chi connectivity index (χ4n) is 3.31. The number of benzene rings is 1. The van der Waals surface area contributed by atoms with Crippen molar-refractivity contribution in [1.82, 2.24) is 15.0 Å². The van der Waals surface area contributed by atoms with E-state index in [2.05, 4.69) is 10.1 Å². The standard InChI is InChI=1S/C19H16ClN3O2/c20-15-6-1-4-13(10-15)18-16(12-22-25-18)19(24)23-9-3-7-17(23)14-5-2-8-21-11-14/h1-2,4-6,8,10-12,17H,3,7,9H2. The summed E-state index contributed by atoms with van der Waals surface area (Å²) in [6, 6.07) is 11.2. The topological polar surface area (TPSA) is 59.2 Å². The summed E-state index contributed by atoms with van der Waals surface area (Å²) < 4.78 is 5.36. The molecule has 0 bridgehead atoms. The van der Waals surface area contributed by atoms with E-state index in [0.29, 0.717) is 22.9 Å². The summed E-state index contributed by atoms with van der Waals surface area (Å²) in [6.45, 7) is 0.707. The van der Waals surface area contributed by atoms with Crippen LogP contribution >= 0.6 is 11.6 Å². The summed E-state index contributed by atoms with van der Waals surface area (Å²) in [5.74, 6) is 0.368. The Hall–Kier alpha value is -2.66. The van der Waals surface area contributed by atoms with Crippen LogP contribution in [0.4, 0.5) is 0 Å². The molecule has 1 fully saturated rings. The summed E-state index contributed by atoms with van der Waals surface area (Å²) in [6.07, 6.45) is 6.93. The van der Waals surface area contributed by atoms with E-state index < -0.39 is 0 Å². The molecule has 1 aromatic carbocycles. The number of amides is 1. The van der Waals surface area contributed by atoms with Crippen LogP contribution in [0.15, 0.2) is 59.5 Å². The molecule has 0 spiro atoms. The minimum Gasteiger partial charge on any atom is -0.355 e. The van der Waals surface area contributed by atoms with Crippen molar-refractivity contribution < 1.29 is 9.32 Å². The molecule has 3 heterocycles. The van der Waals surface area contributed by atoms with Gasteiger partial charge in [-0.1, -0.05) is 35.0 Å². The fourth-order valence-corrected chi connectivity index (χ4v) is 3.50. The number of pyridine rings is 1. The third-order valence-corrected chi connectivity index (χ3v) is 4.71. The molecule has 4 rings (SSSR count).